The first-order valence-electron chi connectivity index (χ1n) is 4.25. The summed E-state index contributed by atoms with van der Waals surface area (Å²) in [4.78, 5) is 11.5. The highest BCUT2D eigenvalue weighted by atomic mass is 16.5. The molecule has 0 fully saturated rings. The van der Waals surface area contributed by atoms with E-state index in [1.807, 2.05) is 0 Å². The Morgan fingerprint density at radius 3 is 2.86 bits per heavy atom. The van der Waals surface area contributed by atoms with Crippen molar-refractivity contribution in [2.45, 2.75) is 13.5 Å². The van der Waals surface area contributed by atoms with Crippen molar-refractivity contribution >= 4 is 5.69 Å². The highest BCUT2D eigenvalue weighted by molar-refractivity contribution is 5.50. The fraction of sp³-hybridized carbons (Fsp3) is 0.444. The number of nitrogens with two attached hydrogens (primary N) is 1. The van der Waals surface area contributed by atoms with E-state index in [0.717, 1.165) is 0 Å². The topological polar surface area (TPSA) is 77.5 Å². The van der Waals surface area contributed by atoms with E-state index in [1.165, 1.54) is 10.6 Å². The summed E-state index contributed by atoms with van der Waals surface area (Å²) >= 11 is 0. The van der Waals surface area contributed by atoms with E-state index in [2.05, 4.69) is 0 Å². The molecule has 0 aliphatic carbocycles. The van der Waals surface area contributed by atoms with Gasteiger partial charge in [-0.1, -0.05) is 0 Å². The summed E-state index contributed by atoms with van der Waals surface area (Å²) in [6.45, 7) is 2.60. The minimum atomic E-state index is -0.375. The molecule has 0 spiro atoms. The summed E-state index contributed by atoms with van der Waals surface area (Å²) in [5, 5.41) is 9.26. The lowest BCUT2D eigenvalue weighted by molar-refractivity contribution is 0.185. The van der Waals surface area contributed by atoms with E-state index >= 15 is 0 Å². The van der Waals surface area contributed by atoms with Crippen LogP contribution in [0.1, 0.15) is 5.69 Å². The SMILES string of the molecule is COCCn1c(C)cc(O)c(N)c1=O. The number of pyridine rings is 1. The molecular weight excluding hydrogens is 184 g/mol. The van der Waals surface area contributed by atoms with Gasteiger partial charge in [0.05, 0.1) is 6.61 Å². The standard InChI is InChI=1S/C9H14N2O3/c1-6-5-7(12)8(10)9(13)11(6)3-4-14-2/h5,12H,3-4,10H2,1-2H3. The van der Waals surface area contributed by atoms with Gasteiger partial charge < -0.3 is 20.1 Å². The van der Waals surface area contributed by atoms with Gasteiger partial charge in [0.2, 0.25) is 0 Å². The zero-order valence-electron chi connectivity index (χ0n) is 8.28. The molecule has 1 rings (SSSR count). The number of nitrogens with zero attached hydrogens (tertiary/aromatic N) is 1. The summed E-state index contributed by atoms with van der Waals surface area (Å²) in [5.74, 6) is -0.166. The number of aromatic nitrogens is 1. The number of anilines is 1. The average molecular weight is 198 g/mol. The fourth-order valence-electron chi connectivity index (χ4n) is 1.23. The molecule has 0 aromatic carbocycles. The number of aryl methyl sites for hydroxylation is 1. The molecule has 0 atom stereocenters. The zero-order chi connectivity index (χ0) is 10.7. The largest absolute Gasteiger partial charge is 0.506 e. The Bertz CT molecular complexity index is 384. The van der Waals surface area contributed by atoms with Crippen LogP contribution in [0.2, 0.25) is 0 Å². The van der Waals surface area contributed by atoms with Crippen LogP contribution in [0.4, 0.5) is 5.69 Å². The molecule has 78 valence electrons. The predicted octanol–water partition coefficient (Wildman–Crippen LogP) is 0.0909. The molecule has 14 heavy (non-hydrogen) atoms. The first-order valence-corrected chi connectivity index (χ1v) is 4.25. The Hall–Kier alpha value is -1.49. The molecule has 1 heterocycles. The maximum absolute atomic E-state index is 11.5. The lowest BCUT2D eigenvalue weighted by Gasteiger charge is -2.10. The second-order valence-electron chi connectivity index (χ2n) is 3.03. The smallest absolute Gasteiger partial charge is 0.277 e. The molecule has 0 radical (unpaired) electrons. The zero-order valence-corrected chi connectivity index (χ0v) is 8.28. The van der Waals surface area contributed by atoms with Crippen molar-refractivity contribution in [3.63, 3.8) is 0 Å². The lowest BCUT2D eigenvalue weighted by atomic mass is 10.3. The number of aromatic hydroxyl groups is 1. The molecule has 0 saturated heterocycles. The molecule has 3 N–H and O–H groups in total. The van der Waals surface area contributed by atoms with E-state index in [-0.39, 0.29) is 17.0 Å². The Kier molecular flexibility index (Phi) is 3.14. The third-order valence-electron chi connectivity index (χ3n) is 2.04. The van der Waals surface area contributed by atoms with Crippen LogP contribution >= 0.6 is 0 Å². The van der Waals surface area contributed by atoms with E-state index < -0.39 is 0 Å². The molecule has 0 aliphatic rings. The summed E-state index contributed by atoms with van der Waals surface area (Å²) in [5.41, 5.74) is 5.57. The van der Waals surface area contributed by atoms with E-state index in [4.69, 9.17) is 10.5 Å². The third kappa shape index (κ3) is 1.88. The minimum Gasteiger partial charge on any atom is -0.506 e. The Labute approximate surface area is 81.7 Å². The highest BCUT2D eigenvalue weighted by Gasteiger charge is 2.08. The van der Waals surface area contributed by atoms with Crippen molar-refractivity contribution < 1.29 is 9.84 Å². The van der Waals surface area contributed by atoms with Crippen LogP contribution in [0.5, 0.6) is 5.75 Å². The maximum Gasteiger partial charge on any atom is 0.277 e. The number of ether oxygens (including phenoxy) is 1. The normalized spacial score (nSPS) is 10.4. The van der Waals surface area contributed by atoms with Gasteiger partial charge >= 0.3 is 0 Å². The quantitative estimate of drug-likeness (QED) is 0.721. The molecule has 0 unspecified atom stereocenters. The van der Waals surface area contributed by atoms with Crippen LogP contribution in [-0.4, -0.2) is 23.4 Å². The van der Waals surface area contributed by atoms with Crippen molar-refractivity contribution in [1.29, 1.82) is 0 Å². The number of hydrogen-bond acceptors (Lipinski definition) is 4. The summed E-state index contributed by atoms with van der Waals surface area (Å²) in [7, 11) is 1.56. The molecular formula is C9H14N2O3. The second kappa shape index (κ2) is 4.15. The highest BCUT2D eigenvalue weighted by Crippen LogP contribution is 2.15. The maximum atomic E-state index is 11.5. The lowest BCUT2D eigenvalue weighted by Crippen LogP contribution is -2.26. The van der Waals surface area contributed by atoms with Crippen molar-refractivity contribution in [2.75, 3.05) is 19.5 Å². The first kappa shape index (κ1) is 10.6. The van der Waals surface area contributed by atoms with Gasteiger partial charge in [-0.3, -0.25) is 4.79 Å². The van der Waals surface area contributed by atoms with Crippen LogP contribution < -0.4 is 11.3 Å². The predicted molar refractivity (Wildman–Crippen MR) is 53.4 cm³/mol. The first-order chi connectivity index (χ1) is 6.57. The summed E-state index contributed by atoms with van der Waals surface area (Å²) in [6, 6.07) is 1.46. The van der Waals surface area contributed by atoms with Gasteiger partial charge in [0, 0.05) is 25.4 Å². The van der Waals surface area contributed by atoms with Crippen molar-refractivity contribution in [3.8, 4) is 5.75 Å². The van der Waals surface area contributed by atoms with E-state index in [9.17, 15) is 9.90 Å². The van der Waals surface area contributed by atoms with Gasteiger partial charge in [-0.25, -0.2) is 0 Å². The van der Waals surface area contributed by atoms with Gasteiger partial charge in [0.1, 0.15) is 11.4 Å². The van der Waals surface area contributed by atoms with Gasteiger partial charge in [0.15, 0.2) is 0 Å². The van der Waals surface area contributed by atoms with Crippen LogP contribution in [0.25, 0.3) is 0 Å². The molecule has 1 aromatic heterocycles. The van der Waals surface area contributed by atoms with Crippen molar-refractivity contribution in [1.82, 2.24) is 4.57 Å². The van der Waals surface area contributed by atoms with E-state index in [1.54, 1.807) is 14.0 Å². The van der Waals surface area contributed by atoms with Crippen LogP contribution in [-0.2, 0) is 11.3 Å². The number of nitrogen functional groups attached to an aromatic ring is 1. The van der Waals surface area contributed by atoms with Gasteiger partial charge in [-0.2, -0.15) is 0 Å². The molecule has 0 saturated carbocycles. The monoisotopic (exact) mass is 198 g/mol. The number of rotatable bonds is 3. The molecule has 0 aliphatic heterocycles. The molecule has 5 heteroatoms. The van der Waals surface area contributed by atoms with E-state index in [0.29, 0.717) is 18.8 Å². The van der Waals surface area contributed by atoms with Gasteiger partial charge in [-0.15, -0.1) is 0 Å². The number of hydrogen-bond donors (Lipinski definition) is 2. The Morgan fingerprint density at radius 2 is 2.29 bits per heavy atom. The Balaban J connectivity index is 3.16. The van der Waals surface area contributed by atoms with Gasteiger partial charge in [0.25, 0.3) is 5.56 Å². The molecule has 1 aromatic rings. The van der Waals surface area contributed by atoms with Crippen LogP contribution in [0, 0.1) is 6.92 Å². The summed E-state index contributed by atoms with van der Waals surface area (Å²) in [6.07, 6.45) is 0. The fourth-order valence-corrected chi connectivity index (χ4v) is 1.23. The van der Waals surface area contributed by atoms with Crippen molar-refractivity contribution in [3.05, 3.63) is 22.1 Å². The van der Waals surface area contributed by atoms with Crippen LogP contribution in [0.3, 0.4) is 0 Å². The minimum absolute atomic E-state index is 0.119. The average Bonchev–Trinajstić information content (AvgIpc) is 2.14. The van der Waals surface area contributed by atoms with Crippen molar-refractivity contribution in [2.24, 2.45) is 0 Å². The summed E-state index contributed by atoms with van der Waals surface area (Å²) < 4.78 is 6.33. The van der Waals surface area contributed by atoms with Gasteiger partial charge in [-0.05, 0) is 6.92 Å². The third-order valence-corrected chi connectivity index (χ3v) is 2.04. The van der Waals surface area contributed by atoms with Crippen LogP contribution in [0.15, 0.2) is 10.9 Å². The molecule has 0 bridgehead atoms. The molecule has 5 nitrogen and oxygen atoms in total. The Morgan fingerprint density at radius 1 is 1.64 bits per heavy atom. The second-order valence-corrected chi connectivity index (χ2v) is 3.03. The molecule has 0 amide bonds. The number of methoxy groups -OCH3 is 1.